The molecule has 0 aliphatic carbocycles. The molecule has 0 N–H and O–H groups in total. The van der Waals surface area contributed by atoms with Crippen LogP contribution in [0.25, 0.3) is 0 Å². The van der Waals surface area contributed by atoms with Crippen molar-refractivity contribution in [2.24, 2.45) is 0 Å². The van der Waals surface area contributed by atoms with Gasteiger partial charge in [-0.3, -0.25) is 0 Å². The minimum absolute atomic E-state index is 0.295. The Morgan fingerprint density at radius 3 is 2.50 bits per heavy atom. The monoisotopic (exact) mass is 187 g/mol. The maximum Gasteiger partial charge on any atom is 0.178 e. The summed E-state index contributed by atoms with van der Waals surface area (Å²) in [6.45, 7) is 1.49. The molecule has 62 valence electrons. The molecular formula is C8H4ClF2N. The van der Waals surface area contributed by atoms with Crippen LogP contribution in [0.1, 0.15) is 11.1 Å². The molecule has 0 aromatic heterocycles. The highest BCUT2D eigenvalue weighted by Gasteiger charge is 2.14. The smallest absolute Gasteiger partial charge is 0.178 e. The second-order valence-corrected chi connectivity index (χ2v) is 2.70. The highest BCUT2D eigenvalue weighted by molar-refractivity contribution is 6.30. The van der Waals surface area contributed by atoms with E-state index in [4.69, 9.17) is 16.9 Å². The van der Waals surface area contributed by atoms with Crippen LogP contribution in [0.3, 0.4) is 0 Å². The van der Waals surface area contributed by atoms with Crippen molar-refractivity contribution in [3.05, 3.63) is 33.9 Å². The number of hydrogen-bond donors (Lipinski definition) is 0. The second kappa shape index (κ2) is 3.08. The fraction of sp³-hybridized carbons (Fsp3) is 0.125. The molecule has 1 rings (SSSR count). The minimum atomic E-state index is -1.18. The normalized spacial score (nSPS) is 9.58. The van der Waals surface area contributed by atoms with E-state index in [0.717, 1.165) is 0 Å². The van der Waals surface area contributed by atoms with E-state index < -0.39 is 11.6 Å². The molecule has 0 saturated carbocycles. The summed E-state index contributed by atoms with van der Waals surface area (Å²) in [7, 11) is 0. The Labute approximate surface area is 73.2 Å². The van der Waals surface area contributed by atoms with Crippen LogP contribution >= 0.6 is 11.6 Å². The van der Waals surface area contributed by atoms with Gasteiger partial charge in [-0.2, -0.15) is 5.26 Å². The number of nitriles is 1. The van der Waals surface area contributed by atoms with Crippen LogP contribution in [0.4, 0.5) is 8.78 Å². The zero-order valence-corrected chi connectivity index (χ0v) is 6.91. The summed E-state index contributed by atoms with van der Waals surface area (Å²) in [5.41, 5.74) is 0.0401. The zero-order chi connectivity index (χ0) is 9.30. The summed E-state index contributed by atoms with van der Waals surface area (Å²) in [5.74, 6) is -2.35. The Morgan fingerprint density at radius 1 is 1.42 bits per heavy atom. The molecule has 1 nitrogen and oxygen atoms in total. The van der Waals surface area contributed by atoms with Crippen LogP contribution in [-0.2, 0) is 0 Å². The molecule has 0 amide bonds. The van der Waals surface area contributed by atoms with Gasteiger partial charge in [-0.1, -0.05) is 11.6 Å². The second-order valence-electron chi connectivity index (χ2n) is 2.29. The molecule has 0 fully saturated rings. The van der Waals surface area contributed by atoms with Crippen molar-refractivity contribution in [3.63, 3.8) is 0 Å². The van der Waals surface area contributed by atoms with Crippen molar-refractivity contribution >= 4 is 11.6 Å². The molecule has 4 heteroatoms. The van der Waals surface area contributed by atoms with Gasteiger partial charge in [0.15, 0.2) is 11.6 Å². The summed E-state index contributed by atoms with van der Waals surface area (Å²) in [6.07, 6.45) is 0. The van der Waals surface area contributed by atoms with Crippen molar-refractivity contribution in [3.8, 4) is 6.07 Å². The third-order valence-electron chi connectivity index (χ3n) is 1.47. The molecule has 0 spiro atoms. The highest BCUT2D eigenvalue weighted by atomic mass is 35.5. The molecular weight excluding hydrogens is 184 g/mol. The predicted octanol–water partition coefficient (Wildman–Crippen LogP) is 2.80. The first-order valence-corrected chi connectivity index (χ1v) is 3.50. The van der Waals surface area contributed by atoms with Gasteiger partial charge in [0.25, 0.3) is 0 Å². The Kier molecular flexibility index (Phi) is 2.30. The van der Waals surface area contributed by atoms with Gasteiger partial charge in [0.05, 0.1) is 10.6 Å². The van der Waals surface area contributed by atoms with E-state index in [2.05, 4.69) is 0 Å². The molecule has 0 saturated heterocycles. The van der Waals surface area contributed by atoms with Crippen LogP contribution in [0, 0.1) is 29.9 Å². The standard InChI is InChI=1S/C8H4ClF2N/c1-4-2-6(9)8(11)7(10)5(4)3-12/h2H,1H3. The summed E-state index contributed by atoms with van der Waals surface area (Å²) >= 11 is 5.32. The molecule has 0 atom stereocenters. The van der Waals surface area contributed by atoms with Crippen LogP contribution < -0.4 is 0 Å². The first-order valence-electron chi connectivity index (χ1n) is 3.12. The molecule has 0 bridgehead atoms. The van der Waals surface area contributed by atoms with Crippen molar-refractivity contribution in [1.29, 1.82) is 5.26 Å². The molecule has 0 aliphatic rings. The quantitative estimate of drug-likeness (QED) is 0.573. The summed E-state index contributed by atoms with van der Waals surface area (Å²) in [6, 6.07) is 2.78. The maximum atomic E-state index is 12.8. The van der Waals surface area contributed by atoms with Gasteiger partial charge in [0.2, 0.25) is 0 Å². The largest absolute Gasteiger partial charge is 0.202 e. The van der Waals surface area contributed by atoms with E-state index in [1.807, 2.05) is 0 Å². The van der Waals surface area contributed by atoms with E-state index in [0.29, 0.717) is 5.56 Å². The van der Waals surface area contributed by atoms with E-state index >= 15 is 0 Å². The van der Waals surface area contributed by atoms with Gasteiger partial charge in [-0.05, 0) is 18.6 Å². The van der Waals surface area contributed by atoms with Gasteiger partial charge < -0.3 is 0 Å². The third kappa shape index (κ3) is 1.26. The van der Waals surface area contributed by atoms with Crippen LogP contribution in [-0.4, -0.2) is 0 Å². The minimum Gasteiger partial charge on any atom is -0.202 e. The summed E-state index contributed by atoms with van der Waals surface area (Å²) in [5, 5.41) is 8.11. The fourth-order valence-electron chi connectivity index (χ4n) is 0.851. The van der Waals surface area contributed by atoms with Gasteiger partial charge in [0, 0.05) is 0 Å². The first kappa shape index (κ1) is 8.95. The lowest BCUT2D eigenvalue weighted by atomic mass is 10.1. The zero-order valence-electron chi connectivity index (χ0n) is 6.16. The number of hydrogen-bond acceptors (Lipinski definition) is 1. The predicted molar refractivity (Wildman–Crippen MR) is 40.8 cm³/mol. The van der Waals surface area contributed by atoms with E-state index in [1.54, 1.807) is 6.07 Å². The van der Waals surface area contributed by atoms with Crippen LogP contribution in [0.5, 0.6) is 0 Å². The molecule has 1 aromatic rings. The summed E-state index contributed by atoms with van der Waals surface area (Å²) < 4.78 is 25.5. The third-order valence-corrected chi connectivity index (χ3v) is 1.75. The lowest BCUT2D eigenvalue weighted by Gasteiger charge is -2.01. The number of nitrogens with zero attached hydrogens (tertiary/aromatic N) is 1. The maximum absolute atomic E-state index is 12.8. The molecule has 0 heterocycles. The van der Waals surface area contributed by atoms with Crippen molar-refractivity contribution in [2.45, 2.75) is 6.92 Å². The SMILES string of the molecule is Cc1cc(Cl)c(F)c(F)c1C#N. The van der Waals surface area contributed by atoms with Crippen molar-refractivity contribution in [2.75, 3.05) is 0 Å². The molecule has 1 aromatic carbocycles. The number of benzene rings is 1. The van der Waals surface area contributed by atoms with Crippen molar-refractivity contribution in [1.82, 2.24) is 0 Å². The Hall–Kier alpha value is -1.14. The van der Waals surface area contributed by atoms with Crippen LogP contribution in [0.15, 0.2) is 6.07 Å². The lowest BCUT2D eigenvalue weighted by Crippen LogP contribution is -1.94. The summed E-state index contributed by atoms with van der Waals surface area (Å²) in [4.78, 5) is 0. The highest BCUT2D eigenvalue weighted by Crippen LogP contribution is 2.23. The molecule has 0 unspecified atom stereocenters. The topological polar surface area (TPSA) is 23.8 Å². The van der Waals surface area contributed by atoms with Crippen molar-refractivity contribution < 1.29 is 8.78 Å². The molecule has 12 heavy (non-hydrogen) atoms. The number of aryl methyl sites for hydroxylation is 1. The number of rotatable bonds is 0. The van der Waals surface area contributed by atoms with Crippen LogP contribution in [0.2, 0.25) is 5.02 Å². The van der Waals surface area contributed by atoms with Gasteiger partial charge >= 0.3 is 0 Å². The fourth-order valence-corrected chi connectivity index (χ4v) is 1.10. The Balaban J connectivity index is 3.54. The average Bonchev–Trinajstić information content (AvgIpc) is 2.01. The Bertz CT molecular complexity index is 368. The molecule has 0 aliphatic heterocycles. The average molecular weight is 188 g/mol. The van der Waals surface area contributed by atoms with Gasteiger partial charge in [-0.25, -0.2) is 8.78 Å². The van der Waals surface area contributed by atoms with E-state index in [1.165, 1.54) is 13.0 Å². The van der Waals surface area contributed by atoms with Gasteiger partial charge in [-0.15, -0.1) is 0 Å². The van der Waals surface area contributed by atoms with Gasteiger partial charge in [0.1, 0.15) is 6.07 Å². The lowest BCUT2D eigenvalue weighted by molar-refractivity contribution is 0.505. The number of halogens is 3. The Morgan fingerprint density at radius 2 is 2.00 bits per heavy atom. The van der Waals surface area contributed by atoms with E-state index in [9.17, 15) is 8.78 Å². The first-order chi connectivity index (χ1) is 5.57. The molecule has 0 radical (unpaired) electrons. The van der Waals surface area contributed by atoms with E-state index in [-0.39, 0.29) is 10.6 Å².